The van der Waals surface area contributed by atoms with E-state index in [4.69, 9.17) is 9.63 Å². The summed E-state index contributed by atoms with van der Waals surface area (Å²) >= 11 is 0. The summed E-state index contributed by atoms with van der Waals surface area (Å²) in [6, 6.07) is 5.38. The number of nitrogens with zero attached hydrogens (tertiary/aromatic N) is 3. The number of carbonyl (C=O) groups excluding carboxylic acids is 1. The molecule has 2 heterocycles. The van der Waals surface area contributed by atoms with Gasteiger partial charge in [-0.3, -0.25) is 14.6 Å². The van der Waals surface area contributed by atoms with E-state index < -0.39 is 5.97 Å². The summed E-state index contributed by atoms with van der Waals surface area (Å²) in [5, 5.41) is 15.2. The number of nitrogens with one attached hydrogen (secondary N) is 1. The number of aromatic nitrogens is 3. The van der Waals surface area contributed by atoms with Crippen LogP contribution < -0.4 is 5.32 Å². The fraction of sp³-hybridized carbons (Fsp3) is 0.400. The van der Waals surface area contributed by atoms with Gasteiger partial charge in [0.1, 0.15) is 5.69 Å². The number of hydrogen-bond donors (Lipinski definition) is 2. The Morgan fingerprint density at radius 3 is 2.91 bits per heavy atom. The second-order valence-electron chi connectivity index (χ2n) is 5.23. The molecule has 8 heteroatoms. The van der Waals surface area contributed by atoms with E-state index in [2.05, 4.69) is 20.4 Å². The number of amides is 1. The summed E-state index contributed by atoms with van der Waals surface area (Å²) in [6.07, 6.45) is 2.18. The fourth-order valence-electron chi connectivity index (χ4n) is 1.92. The SMILES string of the molecule is CC(CNC(=O)CCc1nc(-c2ccccn2)no1)CC(=O)O. The first-order chi connectivity index (χ1) is 11.0. The summed E-state index contributed by atoms with van der Waals surface area (Å²) < 4.78 is 5.09. The van der Waals surface area contributed by atoms with Gasteiger partial charge < -0.3 is 14.9 Å². The maximum absolute atomic E-state index is 11.7. The van der Waals surface area contributed by atoms with Gasteiger partial charge in [-0.2, -0.15) is 4.98 Å². The average molecular weight is 318 g/mol. The van der Waals surface area contributed by atoms with Crippen molar-refractivity contribution in [1.29, 1.82) is 0 Å². The quantitative estimate of drug-likeness (QED) is 0.752. The van der Waals surface area contributed by atoms with Crippen LogP contribution in [0.15, 0.2) is 28.9 Å². The van der Waals surface area contributed by atoms with Gasteiger partial charge in [0.05, 0.1) is 0 Å². The minimum absolute atomic E-state index is 0.0252. The standard InChI is InChI=1S/C15H18N4O4/c1-10(8-14(21)22)9-17-12(20)5-6-13-18-15(19-23-13)11-4-2-3-7-16-11/h2-4,7,10H,5-6,8-9H2,1H3,(H,17,20)(H,21,22). The Balaban J connectivity index is 1.77. The first-order valence-electron chi connectivity index (χ1n) is 7.27. The smallest absolute Gasteiger partial charge is 0.303 e. The molecule has 0 saturated carbocycles. The molecule has 0 aliphatic rings. The van der Waals surface area contributed by atoms with Gasteiger partial charge in [-0.1, -0.05) is 18.1 Å². The van der Waals surface area contributed by atoms with Crippen LogP contribution in [0, 0.1) is 5.92 Å². The Labute approximate surface area is 132 Å². The summed E-state index contributed by atoms with van der Waals surface area (Å²) in [4.78, 5) is 30.6. The monoisotopic (exact) mass is 318 g/mol. The maximum atomic E-state index is 11.7. The van der Waals surface area contributed by atoms with E-state index in [1.807, 2.05) is 6.07 Å². The number of aryl methyl sites for hydroxylation is 1. The van der Waals surface area contributed by atoms with E-state index in [0.717, 1.165) is 0 Å². The number of carbonyl (C=O) groups is 2. The van der Waals surface area contributed by atoms with Crippen LogP contribution in [0.2, 0.25) is 0 Å². The van der Waals surface area contributed by atoms with E-state index in [0.29, 0.717) is 30.4 Å². The largest absolute Gasteiger partial charge is 0.481 e. The van der Waals surface area contributed by atoms with Gasteiger partial charge in [0.15, 0.2) is 0 Å². The molecular formula is C15H18N4O4. The highest BCUT2D eigenvalue weighted by Crippen LogP contribution is 2.12. The summed E-state index contributed by atoms with van der Waals surface area (Å²) in [7, 11) is 0. The molecule has 0 bridgehead atoms. The predicted molar refractivity (Wildman–Crippen MR) is 80.3 cm³/mol. The third-order valence-corrected chi connectivity index (χ3v) is 3.10. The Morgan fingerprint density at radius 2 is 2.22 bits per heavy atom. The number of rotatable bonds is 8. The maximum Gasteiger partial charge on any atom is 0.303 e. The lowest BCUT2D eigenvalue weighted by molar-refractivity contribution is -0.138. The Kier molecular flexibility index (Phi) is 5.79. The van der Waals surface area contributed by atoms with Gasteiger partial charge in [0, 0.05) is 32.0 Å². The van der Waals surface area contributed by atoms with Crippen molar-refractivity contribution in [3.63, 3.8) is 0 Å². The molecule has 0 aliphatic heterocycles. The topological polar surface area (TPSA) is 118 Å². The molecule has 0 aliphatic carbocycles. The zero-order valence-corrected chi connectivity index (χ0v) is 12.7. The van der Waals surface area contributed by atoms with Crippen molar-refractivity contribution < 1.29 is 19.2 Å². The minimum Gasteiger partial charge on any atom is -0.481 e. The molecule has 8 nitrogen and oxygen atoms in total. The number of carboxylic acids is 1. The summed E-state index contributed by atoms with van der Waals surface area (Å²) in [5.41, 5.74) is 0.606. The second-order valence-corrected chi connectivity index (χ2v) is 5.23. The molecule has 0 radical (unpaired) electrons. The lowest BCUT2D eigenvalue weighted by atomic mass is 10.1. The van der Waals surface area contributed by atoms with Crippen molar-refractivity contribution in [3.8, 4) is 11.5 Å². The van der Waals surface area contributed by atoms with Crippen molar-refractivity contribution in [2.24, 2.45) is 5.92 Å². The zero-order valence-electron chi connectivity index (χ0n) is 12.7. The Hall–Kier alpha value is -2.77. The van der Waals surface area contributed by atoms with E-state index in [1.54, 1.807) is 25.3 Å². The van der Waals surface area contributed by atoms with Crippen molar-refractivity contribution in [1.82, 2.24) is 20.4 Å². The Bertz CT molecular complexity index is 657. The van der Waals surface area contributed by atoms with E-state index in [-0.39, 0.29) is 24.7 Å². The second kappa shape index (κ2) is 8.02. The highest BCUT2D eigenvalue weighted by Gasteiger charge is 2.12. The van der Waals surface area contributed by atoms with Crippen LogP contribution in [-0.4, -0.2) is 38.7 Å². The van der Waals surface area contributed by atoms with E-state index >= 15 is 0 Å². The van der Waals surface area contributed by atoms with Crippen LogP contribution in [0.1, 0.15) is 25.7 Å². The molecule has 23 heavy (non-hydrogen) atoms. The van der Waals surface area contributed by atoms with Crippen LogP contribution in [0.3, 0.4) is 0 Å². The predicted octanol–water partition coefficient (Wildman–Crippen LogP) is 1.29. The molecular weight excluding hydrogens is 300 g/mol. The van der Waals surface area contributed by atoms with Crippen LogP contribution in [0.5, 0.6) is 0 Å². The third-order valence-electron chi connectivity index (χ3n) is 3.10. The van der Waals surface area contributed by atoms with Crippen LogP contribution in [0.4, 0.5) is 0 Å². The number of pyridine rings is 1. The van der Waals surface area contributed by atoms with Gasteiger partial charge >= 0.3 is 5.97 Å². The van der Waals surface area contributed by atoms with Crippen molar-refractivity contribution in [2.45, 2.75) is 26.2 Å². The Morgan fingerprint density at radius 1 is 1.39 bits per heavy atom. The molecule has 1 amide bonds. The number of hydrogen-bond acceptors (Lipinski definition) is 6. The molecule has 2 rings (SSSR count). The lowest BCUT2D eigenvalue weighted by Gasteiger charge is -2.09. The average Bonchev–Trinajstić information content (AvgIpc) is 3.00. The fourth-order valence-corrected chi connectivity index (χ4v) is 1.92. The summed E-state index contributed by atoms with van der Waals surface area (Å²) in [5.74, 6) is -0.425. The number of carboxylic acid groups (broad SMARTS) is 1. The van der Waals surface area contributed by atoms with E-state index in [9.17, 15) is 9.59 Å². The van der Waals surface area contributed by atoms with Crippen molar-refractivity contribution >= 4 is 11.9 Å². The van der Waals surface area contributed by atoms with Crippen molar-refractivity contribution in [3.05, 3.63) is 30.3 Å². The molecule has 2 aromatic rings. The van der Waals surface area contributed by atoms with E-state index in [1.165, 1.54) is 0 Å². The van der Waals surface area contributed by atoms with Gasteiger partial charge in [0.25, 0.3) is 0 Å². The molecule has 122 valence electrons. The molecule has 2 aromatic heterocycles. The molecule has 1 atom stereocenters. The zero-order chi connectivity index (χ0) is 16.7. The lowest BCUT2D eigenvalue weighted by Crippen LogP contribution is -2.29. The minimum atomic E-state index is -0.875. The third kappa shape index (κ3) is 5.50. The normalized spacial score (nSPS) is 11.9. The van der Waals surface area contributed by atoms with Gasteiger partial charge in [0.2, 0.25) is 17.6 Å². The highest BCUT2D eigenvalue weighted by molar-refractivity contribution is 5.76. The first-order valence-corrected chi connectivity index (χ1v) is 7.27. The molecule has 2 N–H and O–H groups in total. The number of aliphatic carboxylic acids is 1. The molecule has 0 saturated heterocycles. The molecule has 0 fully saturated rings. The van der Waals surface area contributed by atoms with Crippen molar-refractivity contribution in [2.75, 3.05) is 6.54 Å². The molecule has 1 unspecified atom stereocenters. The van der Waals surface area contributed by atoms with Crippen LogP contribution in [-0.2, 0) is 16.0 Å². The molecule has 0 aromatic carbocycles. The van der Waals surface area contributed by atoms with Crippen LogP contribution in [0.25, 0.3) is 11.5 Å². The summed E-state index contributed by atoms with van der Waals surface area (Å²) in [6.45, 7) is 2.10. The molecule has 0 spiro atoms. The van der Waals surface area contributed by atoms with Gasteiger partial charge in [-0.25, -0.2) is 0 Å². The van der Waals surface area contributed by atoms with Gasteiger partial charge in [-0.05, 0) is 18.1 Å². The first kappa shape index (κ1) is 16.6. The van der Waals surface area contributed by atoms with Gasteiger partial charge in [-0.15, -0.1) is 0 Å². The highest BCUT2D eigenvalue weighted by atomic mass is 16.5. The van der Waals surface area contributed by atoms with Crippen LogP contribution >= 0.6 is 0 Å².